The number of hydrogen-bond donors (Lipinski definition) is 2. The molecule has 0 radical (unpaired) electrons. The number of sulfonamides is 1. The van der Waals surface area contributed by atoms with Crippen LogP contribution in [0, 0.1) is 6.92 Å². The predicted octanol–water partition coefficient (Wildman–Crippen LogP) is 1.72. The fourth-order valence-electron chi connectivity index (χ4n) is 2.48. The largest absolute Gasteiger partial charge is 0.389 e. The molecular weight excluding hydrogens is 262 g/mol. The Hall–Kier alpha value is -0.910. The molecule has 0 saturated heterocycles. The van der Waals surface area contributed by atoms with E-state index in [9.17, 15) is 13.5 Å². The summed E-state index contributed by atoms with van der Waals surface area (Å²) in [6, 6.07) is 7.44. The van der Waals surface area contributed by atoms with Crippen LogP contribution in [-0.2, 0) is 15.8 Å². The van der Waals surface area contributed by atoms with Crippen LogP contribution in [-0.4, -0.2) is 25.7 Å². The monoisotopic (exact) mass is 283 g/mol. The summed E-state index contributed by atoms with van der Waals surface area (Å²) < 4.78 is 26.6. The zero-order valence-electron chi connectivity index (χ0n) is 11.2. The van der Waals surface area contributed by atoms with E-state index in [4.69, 9.17) is 0 Å². The maximum atomic E-state index is 12.0. The number of aryl methyl sites for hydroxylation is 1. The van der Waals surface area contributed by atoms with Crippen LogP contribution in [0.5, 0.6) is 0 Å². The van der Waals surface area contributed by atoms with Gasteiger partial charge in [-0.25, -0.2) is 13.1 Å². The third-order valence-corrected chi connectivity index (χ3v) is 5.04. The fourth-order valence-corrected chi connectivity index (χ4v) is 3.81. The first kappa shape index (κ1) is 14.5. The first-order valence-electron chi connectivity index (χ1n) is 6.64. The highest BCUT2D eigenvalue weighted by Gasteiger charge is 2.32. The Bertz CT molecular complexity index is 533. The van der Waals surface area contributed by atoms with Gasteiger partial charge < -0.3 is 5.11 Å². The first-order chi connectivity index (χ1) is 8.90. The summed E-state index contributed by atoms with van der Waals surface area (Å²) >= 11 is 0. The molecule has 1 fully saturated rings. The van der Waals surface area contributed by atoms with E-state index in [-0.39, 0.29) is 12.3 Å². The lowest BCUT2D eigenvalue weighted by Crippen LogP contribution is -2.41. The lowest BCUT2D eigenvalue weighted by molar-refractivity contribution is 0.0531. The van der Waals surface area contributed by atoms with E-state index in [1.165, 1.54) is 0 Å². The molecule has 2 N–H and O–H groups in total. The lowest BCUT2D eigenvalue weighted by atomic mass is 10.0. The van der Waals surface area contributed by atoms with Gasteiger partial charge in [-0.3, -0.25) is 0 Å². The summed E-state index contributed by atoms with van der Waals surface area (Å²) in [4.78, 5) is 0. The minimum absolute atomic E-state index is 0.0320. The van der Waals surface area contributed by atoms with Gasteiger partial charge in [-0.1, -0.05) is 37.1 Å². The number of nitrogens with one attached hydrogen (secondary N) is 1. The Morgan fingerprint density at radius 1 is 1.26 bits per heavy atom. The zero-order chi connectivity index (χ0) is 13.9. The summed E-state index contributed by atoms with van der Waals surface area (Å²) in [5, 5.41) is 10.1. The molecule has 1 aliphatic carbocycles. The second kappa shape index (κ2) is 5.61. The summed E-state index contributed by atoms with van der Waals surface area (Å²) in [6.07, 6.45) is 3.30. The van der Waals surface area contributed by atoms with Crippen molar-refractivity contribution in [3.05, 3.63) is 35.4 Å². The van der Waals surface area contributed by atoms with E-state index >= 15 is 0 Å². The van der Waals surface area contributed by atoms with Crippen LogP contribution in [0.15, 0.2) is 24.3 Å². The molecule has 0 amide bonds. The summed E-state index contributed by atoms with van der Waals surface area (Å²) in [5.74, 6) is -0.0320. The topological polar surface area (TPSA) is 66.4 Å². The minimum Gasteiger partial charge on any atom is -0.389 e. The van der Waals surface area contributed by atoms with Crippen LogP contribution in [0.3, 0.4) is 0 Å². The molecule has 19 heavy (non-hydrogen) atoms. The molecular formula is C14H21NO3S. The van der Waals surface area contributed by atoms with E-state index in [1.54, 1.807) is 0 Å². The number of aliphatic hydroxyl groups is 1. The molecule has 1 aromatic carbocycles. The molecule has 106 valence electrons. The molecule has 2 rings (SSSR count). The molecule has 1 aliphatic rings. The van der Waals surface area contributed by atoms with Gasteiger partial charge in [0.05, 0.1) is 11.4 Å². The number of hydrogen-bond acceptors (Lipinski definition) is 3. The van der Waals surface area contributed by atoms with Crippen molar-refractivity contribution in [2.24, 2.45) is 0 Å². The van der Waals surface area contributed by atoms with Gasteiger partial charge in [0.1, 0.15) is 0 Å². The molecule has 0 unspecified atom stereocenters. The zero-order valence-corrected chi connectivity index (χ0v) is 12.0. The van der Waals surface area contributed by atoms with Crippen molar-refractivity contribution in [2.75, 3.05) is 6.54 Å². The summed E-state index contributed by atoms with van der Waals surface area (Å²) in [5.41, 5.74) is 0.916. The molecule has 4 nitrogen and oxygen atoms in total. The van der Waals surface area contributed by atoms with E-state index in [1.807, 2.05) is 31.2 Å². The maximum Gasteiger partial charge on any atom is 0.215 e. The van der Waals surface area contributed by atoms with Crippen molar-refractivity contribution in [3.63, 3.8) is 0 Å². The Morgan fingerprint density at radius 2 is 1.89 bits per heavy atom. The molecule has 0 aliphatic heterocycles. The normalized spacial score (nSPS) is 18.6. The van der Waals surface area contributed by atoms with Crippen LogP contribution >= 0.6 is 0 Å². The second-order valence-corrected chi connectivity index (χ2v) is 7.24. The van der Waals surface area contributed by atoms with Gasteiger partial charge in [0.25, 0.3) is 0 Å². The Kier molecular flexibility index (Phi) is 4.28. The Morgan fingerprint density at radius 3 is 2.53 bits per heavy atom. The Balaban J connectivity index is 1.97. The van der Waals surface area contributed by atoms with Gasteiger partial charge in [-0.2, -0.15) is 0 Å². The van der Waals surface area contributed by atoms with Crippen molar-refractivity contribution < 1.29 is 13.5 Å². The molecule has 0 heterocycles. The fraction of sp³-hybridized carbons (Fsp3) is 0.571. The van der Waals surface area contributed by atoms with Gasteiger partial charge in [-0.05, 0) is 30.9 Å². The van der Waals surface area contributed by atoms with Gasteiger partial charge in [0.2, 0.25) is 10.0 Å². The third-order valence-electron chi connectivity index (χ3n) is 3.76. The van der Waals surface area contributed by atoms with Crippen LogP contribution in [0.4, 0.5) is 0 Å². The van der Waals surface area contributed by atoms with Gasteiger partial charge in [0, 0.05) is 6.54 Å². The summed E-state index contributed by atoms with van der Waals surface area (Å²) in [7, 11) is -3.39. The summed E-state index contributed by atoms with van der Waals surface area (Å²) in [6.45, 7) is 2.02. The smallest absolute Gasteiger partial charge is 0.215 e. The highest BCUT2D eigenvalue weighted by atomic mass is 32.2. The highest BCUT2D eigenvalue weighted by Crippen LogP contribution is 2.28. The molecule has 5 heteroatoms. The van der Waals surface area contributed by atoms with Crippen LogP contribution in [0.25, 0.3) is 0 Å². The van der Waals surface area contributed by atoms with E-state index in [0.717, 1.165) is 24.0 Å². The second-order valence-electron chi connectivity index (χ2n) is 5.44. The average molecular weight is 283 g/mol. The first-order valence-corrected chi connectivity index (χ1v) is 8.30. The number of benzene rings is 1. The predicted molar refractivity (Wildman–Crippen MR) is 75.2 cm³/mol. The van der Waals surface area contributed by atoms with Crippen molar-refractivity contribution in [3.8, 4) is 0 Å². The molecule has 0 bridgehead atoms. The standard InChI is InChI=1S/C14H21NO3S/c1-12-6-2-3-7-13(12)10-19(17,18)15-11-14(16)8-4-5-9-14/h2-3,6-7,15-16H,4-5,8-11H2,1H3. The van der Waals surface area contributed by atoms with Crippen molar-refractivity contribution in [1.82, 2.24) is 4.72 Å². The Labute approximate surface area is 114 Å². The quantitative estimate of drug-likeness (QED) is 0.864. The number of rotatable bonds is 5. The van der Waals surface area contributed by atoms with Crippen LogP contribution < -0.4 is 4.72 Å². The highest BCUT2D eigenvalue weighted by molar-refractivity contribution is 7.88. The average Bonchev–Trinajstić information content (AvgIpc) is 2.78. The van der Waals surface area contributed by atoms with Crippen molar-refractivity contribution in [2.45, 2.75) is 44.0 Å². The van der Waals surface area contributed by atoms with E-state index < -0.39 is 15.6 Å². The molecule has 1 aromatic rings. The third kappa shape index (κ3) is 4.03. The van der Waals surface area contributed by atoms with E-state index in [2.05, 4.69) is 4.72 Å². The van der Waals surface area contributed by atoms with Gasteiger partial charge >= 0.3 is 0 Å². The van der Waals surface area contributed by atoms with Crippen LogP contribution in [0.2, 0.25) is 0 Å². The van der Waals surface area contributed by atoms with Crippen LogP contribution in [0.1, 0.15) is 36.8 Å². The molecule has 1 saturated carbocycles. The van der Waals surface area contributed by atoms with Crippen molar-refractivity contribution in [1.29, 1.82) is 0 Å². The maximum absolute atomic E-state index is 12.0. The van der Waals surface area contributed by atoms with Gasteiger partial charge in [0.15, 0.2) is 0 Å². The van der Waals surface area contributed by atoms with Gasteiger partial charge in [-0.15, -0.1) is 0 Å². The molecule has 0 atom stereocenters. The molecule has 0 aromatic heterocycles. The lowest BCUT2D eigenvalue weighted by Gasteiger charge is -2.22. The molecule has 0 spiro atoms. The minimum atomic E-state index is -3.39. The van der Waals surface area contributed by atoms with Crippen molar-refractivity contribution >= 4 is 10.0 Å². The van der Waals surface area contributed by atoms with E-state index in [0.29, 0.717) is 12.8 Å². The SMILES string of the molecule is Cc1ccccc1CS(=O)(=O)NCC1(O)CCCC1.